The average molecular weight is 348 g/mol. The van der Waals surface area contributed by atoms with Crippen molar-refractivity contribution in [1.29, 1.82) is 0 Å². The van der Waals surface area contributed by atoms with E-state index in [1.807, 2.05) is 0 Å². The molecule has 0 heterocycles. The molecule has 4 nitrogen and oxygen atoms in total. The highest BCUT2D eigenvalue weighted by Gasteiger charge is 2.63. The van der Waals surface area contributed by atoms with E-state index in [0.717, 1.165) is 44.9 Å². The van der Waals surface area contributed by atoms with Gasteiger partial charge in [0, 0.05) is 18.3 Å². The first kappa shape index (κ1) is 17.7. The van der Waals surface area contributed by atoms with Crippen LogP contribution in [0.5, 0.6) is 0 Å². The van der Waals surface area contributed by atoms with Crippen LogP contribution in [-0.2, 0) is 9.59 Å². The molecule has 4 fully saturated rings. The second-order valence-corrected chi connectivity index (χ2v) is 9.86. The van der Waals surface area contributed by atoms with Gasteiger partial charge in [0.1, 0.15) is 12.4 Å². The fourth-order valence-corrected chi connectivity index (χ4v) is 7.69. The summed E-state index contributed by atoms with van der Waals surface area (Å²) >= 11 is 0. The predicted octanol–water partition coefficient (Wildman–Crippen LogP) is 2.75. The molecule has 2 N–H and O–H groups in total. The van der Waals surface area contributed by atoms with Gasteiger partial charge in [-0.3, -0.25) is 9.59 Å². The molecule has 0 aromatic carbocycles. The average Bonchev–Trinajstić information content (AvgIpc) is 2.91. The number of aliphatic hydroxyl groups is 2. The highest BCUT2D eigenvalue weighted by atomic mass is 16.3. The zero-order valence-electron chi connectivity index (χ0n) is 15.5. The number of rotatable bonds is 2. The third-order valence-corrected chi connectivity index (χ3v) is 8.87. The number of fused-ring (bicyclic) bond motifs is 5. The van der Waals surface area contributed by atoms with Gasteiger partial charge in [-0.2, -0.15) is 0 Å². The number of aliphatic hydroxyl groups excluding tert-OH is 2. The van der Waals surface area contributed by atoms with E-state index in [2.05, 4.69) is 13.8 Å². The van der Waals surface area contributed by atoms with Crippen molar-refractivity contribution in [3.63, 3.8) is 0 Å². The van der Waals surface area contributed by atoms with Gasteiger partial charge in [0.15, 0.2) is 5.78 Å². The minimum atomic E-state index is -0.396. The second-order valence-electron chi connectivity index (χ2n) is 9.86. The van der Waals surface area contributed by atoms with Crippen LogP contribution in [0, 0.1) is 40.4 Å². The Balaban J connectivity index is 1.66. The summed E-state index contributed by atoms with van der Waals surface area (Å²) in [4.78, 5) is 25.6. The molecule has 8 atom stereocenters. The predicted molar refractivity (Wildman–Crippen MR) is 93.7 cm³/mol. The molecule has 0 aromatic heterocycles. The molecule has 0 spiro atoms. The number of carbonyl (C=O) groups is 2. The van der Waals surface area contributed by atoms with E-state index in [1.54, 1.807) is 0 Å². The Morgan fingerprint density at radius 3 is 2.60 bits per heavy atom. The SMILES string of the molecule is C[C@]12CC[C@@H](O)C[C@@H]1CC[C@@H]1[C@H]3CC[C@@H](C(=O)CO)[C@]3(C)CC(=O)[C@H]12. The van der Waals surface area contributed by atoms with Gasteiger partial charge in [0.05, 0.1) is 6.10 Å². The normalized spacial score (nSPS) is 52.2. The van der Waals surface area contributed by atoms with Crippen LogP contribution in [0.4, 0.5) is 0 Å². The first-order valence-corrected chi connectivity index (χ1v) is 10.2. The van der Waals surface area contributed by atoms with E-state index in [0.29, 0.717) is 30.0 Å². The van der Waals surface area contributed by atoms with Crippen LogP contribution in [0.2, 0.25) is 0 Å². The Hall–Kier alpha value is -0.740. The largest absolute Gasteiger partial charge is 0.393 e. The summed E-state index contributed by atoms with van der Waals surface area (Å²) in [6, 6.07) is 0. The fourth-order valence-electron chi connectivity index (χ4n) is 7.69. The molecule has 25 heavy (non-hydrogen) atoms. The van der Waals surface area contributed by atoms with Crippen LogP contribution in [0.1, 0.15) is 65.2 Å². The van der Waals surface area contributed by atoms with Crippen LogP contribution in [0.15, 0.2) is 0 Å². The minimum Gasteiger partial charge on any atom is -0.393 e. The summed E-state index contributed by atoms with van der Waals surface area (Å²) in [6.07, 6.45) is 6.93. The van der Waals surface area contributed by atoms with Crippen molar-refractivity contribution in [2.45, 2.75) is 71.3 Å². The fraction of sp³-hybridized carbons (Fsp3) is 0.905. The van der Waals surface area contributed by atoms with E-state index < -0.39 is 6.61 Å². The smallest absolute Gasteiger partial charge is 0.161 e. The van der Waals surface area contributed by atoms with Crippen molar-refractivity contribution < 1.29 is 19.8 Å². The molecule has 0 aromatic rings. The van der Waals surface area contributed by atoms with Gasteiger partial charge in [-0.15, -0.1) is 0 Å². The molecule has 0 unspecified atom stereocenters. The Labute approximate surface area is 150 Å². The first-order valence-electron chi connectivity index (χ1n) is 10.2. The van der Waals surface area contributed by atoms with Crippen LogP contribution < -0.4 is 0 Å². The minimum absolute atomic E-state index is 0.0274. The van der Waals surface area contributed by atoms with Crippen LogP contribution >= 0.6 is 0 Å². The second kappa shape index (κ2) is 5.88. The van der Waals surface area contributed by atoms with Crippen LogP contribution in [-0.4, -0.2) is 34.5 Å². The molecule has 4 heteroatoms. The lowest BCUT2D eigenvalue weighted by atomic mass is 9.44. The zero-order valence-corrected chi connectivity index (χ0v) is 15.5. The molecular weight excluding hydrogens is 316 g/mol. The molecule has 4 aliphatic carbocycles. The summed E-state index contributed by atoms with van der Waals surface area (Å²) in [5.41, 5.74) is -0.227. The summed E-state index contributed by atoms with van der Waals surface area (Å²) in [7, 11) is 0. The molecule has 0 bridgehead atoms. The molecule has 0 amide bonds. The van der Waals surface area contributed by atoms with Crippen molar-refractivity contribution in [1.82, 2.24) is 0 Å². The Bertz CT molecular complexity index is 586. The molecule has 0 radical (unpaired) electrons. The van der Waals surface area contributed by atoms with E-state index in [4.69, 9.17) is 0 Å². The Morgan fingerprint density at radius 2 is 1.88 bits per heavy atom. The van der Waals surface area contributed by atoms with Crippen LogP contribution in [0.25, 0.3) is 0 Å². The Morgan fingerprint density at radius 1 is 1.12 bits per heavy atom. The standard InChI is InChI=1S/C21H32O4/c1-20-8-7-13(23)9-12(20)3-4-14-15-5-6-16(18(25)11-22)21(15,2)10-17(24)19(14)20/h12-16,19,22-23H,3-11H2,1-2H3/t12-,13+,14+,15+,16-,19-,20-,21+/m0/s1. The monoisotopic (exact) mass is 348 g/mol. The van der Waals surface area contributed by atoms with Crippen LogP contribution in [0.3, 0.4) is 0 Å². The van der Waals surface area contributed by atoms with Gasteiger partial charge >= 0.3 is 0 Å². The summed E-state index contributed by atoms with van der Waals surface area (Å²) in [5, 5.41) is 19.5. The lowest BCUT2D eigenvalue weighted by Gasteiger charge is -2.59. The quantitative estimate of drug-likeness (QED) is 0.805. The van der Waals surface area contributed by atoms with Gasteiger partial charge in [-0.1, -0.05) is 13.8 Å². The van der Waals surface area contributed by atoms with Crippen molar-refractivity contribution in [3.8, 4) is 0 Å². The van der Waals surface area contributed by atoms with Gasteiger partial charge < -0.3 is 10.2 Å². The van der Waals surface area contributed by atoms with E-state index in [9.17, 15) is 19.8 Å². The third-order valence-electron chi connectivity index (χ3n) is 8.87. The van der Waals surface area contributed by atoms with Gasteiger partial charge in [0.2, 0.25) is 0 Å². The van der Waals surface area contributed by atoms with Gasteiger partial charge in [0.25, 0.3) is 0 Å². The van der Waals surface area contributed by atoms with Crippen molar-refractivity contribution in [2.24, 2.45) is 40.4 Å². The highest BCUT2D eigenvalue weighted by molar-refractivity contribution is 5.88. The molecular formula is C21H32O4. The topological polar surface area (TPSA) is 74.6 Å². The molecule has 0 saturated heterocycles. The van der Waals surface area contributed by atoms with E-state index in [1.165, 1.54) is 0 Å². The van der Waals surface area contributed by atoms with Crippen molar-refractivity contribution >= 4 is 11.6 Å². The highest BCUT2D eigenvalue weighted by Crippen LogP contribution is 2.66. The number of Topliss-reactive ketones (excluding diaryl/α,β-unsaturated/α-hetero) is 2. The lowest BCUT2D eigenvalue weighted by Crippen LogP contribution is -2.58. The van der Waals surface area contributed by atoms with E-state index in [-0.39, 0.29) is 34.6 Å². The zero-order chi connectivity index (χ0) is 18.0. The maximum Gasteiger partial charge on any atom is 0.161 e. The number of hydrogen-bond donors (Lipinski definition) is 2. The molecule has 4 saturated carbocycles. The maximum atomic E-state index is 13.3. The Kier molecular flexibility index (Phi) is 4.16. The van der Waals surface area contributed by atoms with Gasteiger partial charge in [-0.25, -0.2) is 0 Å². The van der Waals surface area contributed by atoms with Crippen molar-refractivity contribution in [3.05, 3.63) is 0 Å². The molecule has 4 aliphatic rings. The van der Waals surface area contributed by atoms with Gasteiger partial charge in [-0.05, 0) is 73.5 Å². The summed E-state index contributed by atoms with van der Waals surface area (Å²) < 4.78 is 0. The van der Waals surface area contributed by atoms with Crippen molar-refractivity contribution in [2.75, 3.05) is 6.61 Å². The number of ketones is 2. The number of hydrogen-bond acceptors (Lipinski definition) is 4. The third kappa shape index (κ3) is 2.39. The molecule has 140 valence electrons. The first-order chi connectivity index (χ1) is 11.8. The molecule has 4 rings (SSSR count). The lowest BCUT2D eigenvalue weighted by molar-refractivity contribution is -0.162. The van der Waals surface area contributed by atoms with E-state index >= 15 is 0 Å². The summed E-state index contributed by atoms with van der Waals surface area (Å²) in [6.45, 7) is 4.04. The molecule has 0 aliphatic heterocycles. The summed E-state index contributed by atoms with van der Waals surface area (Å²) in [5.74, 6) is 1.52. The number of carbonyl (C=O) groups excluding carboxylic acids is 2. The maximum absolute atomic E-state index is 13.3.